The lowest BCUT2D eigenvalue weighted by Gasteiger charge is -2.36. The molecule has 2 aliphatic heterocycles. The minimum Gasteiger partial charge on any atom is -0.434 e. The number of rotatable bonds is 4. The van der Waals surface area contributed by atoms with Crippen LogP contribution in [0.4, 0.5) is 8.78 Å². The number of alkyl halides is 2. The number of halogens is 2. The SMILES string of the molecule is O=C(c1ccccc1OC(F)F)N1CCN(C(=O)C2CC23CCNCC3)CC1. The van der Waals surface area contributed by atoms with E-state index in [2.05, 4.69) is 10.1 Å². The third kappa shape index (κ3) is 3.70. The Labute approximate surface area is 162 Å². The minimum atomic E-state index is -2.98. The molecule has 1 unspecified atom stereocenters. The van der Waals surface area contributed by atoms with Crippen LogP contribution in [0.2, 0.25) is 0 Å². The van der Waals surface area contributed by atoms with E-state index in [-0.39, 0.29) is 34.5 Å². The van der Waals surface area contributed by atoms with Gasteiger partial charge in [0.1, 0.15) is 5.75 Å². The summed E-state index contributed by atoms with van der Waals surface area (Å²) in [4.78, 5) is 29.1. The lowest BCUT2D eigenvalue weighted by atomic mass is 9.91. The molecule has 2 heterocycles. The van der Waals surface area contributed by atoms with Crippen molar-refractivity contribution < 1.29 is 23.1 Å². The van der Waals surface area contributed by atoms with Gasteiger partial charge >= 0.3 is 6.61 Å². The molecule has 1 atom stereocenters. The molecule has 2 saturated heterocycles. The van der Waals surface area contributed by atoms with E-state index in [1.54, 1.807) is 17.0 Å². The number of hydrogen-bond acceptors (Lipinski definition) is 4. The van der Waals surface area contributed by atoms with Crippen molar-refractivity contribution in [1.29, 1.82) is 0 Å². The second-order valence-electron chi connectivity index (χ2n) is 7.86. The van der Waals surface area contributed by atoms with Crippen LogP contribution in [0.5, 0.6) is 5.75 Å². The molecule has 3 aliphatic rings. The molecule has 152 valence electrons. The number of ether oxygens (including phenoxy) is 1. The molecule has 4 rings (SSSR count). The van der Waals surface area contributed by atoms with Crippen LogP contribution in [-0.4, -0.2) is 67.5 Å². The summed E-state index contributed by atoms with van der Waals surface area (Å²) in [5.41, 5.74) is 0.319. The summed E-state index contributed by atoms with van der Waals surface area (Å²) >= 11 is 0. The fourth-order valence-electron chi connectivity index (χ4n) is 4.54. The lowest BCUT2D eigenvalue weighted by Crippen LogP contribution is -2.51. The standard InChI is InChI=1S/C20H25F2N3O3/c21-19(22)28-16-4-2-1-3-14(16)17(26)24-9-11-25(12-10-24)18(27)15-13-20(15)5-7-23-8-6-20/h1-4,15,19,23H,5-13H2. The van der Waals surface area contributed by atoms with E-state index in [1.807, 2.05) is 4.90 Å². The number of nitrogens with one attached hydrogen (secondary N) is 1. The fraction of sp³-hybridized carbons (Fsp3) is 0.600. The van der Waals surface area contributed by atoms with E-state index in [0.717, 1.165) is 32.4 Å². The first-order chi connectivity index (χ1) is 13.5. The predicted octanol–water partition coefficient (Wildman–Crippen LogP) is 1.96. The summed E-state index contributed by atoms with van der Waals surface area (Å²) in [6, 6.07) is 6.03. The Kier molecular flexibility index (Phi) is 5.23. The molecule has 1 aliphatic carbocycles. The average Bonchev–Trinajstić information content (AvgIpc) is 3.40. The van der Waals surface area contributed by atoms with Crippen molar-refractivity contribution >= 4 is 11.8 Å². The summed E-state index contributed by atoms with van der Waals surface area (Å²) in [5.74, 6) is -0.135. The molecule has 8 heteroatoms. The van der Waals surface area contributed by atoms with Gasteiger partial charge in [-0.3, -0.25) is 9.59 Å². The van der Waals surface area contributed by atoms with Crippen LogP contribution >= 0.6 is 0 Å². The average molecular weight is 393 g/mol. The van der Waals surface area contributed by atoms with Crippen LogP contribution in [0.3, 0.4) is 0 Å². The summed E-state index contributed by atoms with van der Waals surface area (Å²) in [6.45, 7) is 0.729. The Morgan fingerprint density at radius 1 is 1.07 bits per heavy atom. The number of amides is 2. The van der Waals surface area contributed by atoms with Crippen molar-refractivity contribution in [1.82, 2.24) is 15.1 Å². The lowest BCUT2D eigenvalue weighted by molar-refractivity contribution is -0.135. The van der Waals surface area contributed by atoms with E-state index < -0.39 is 6.61 Å². The highest BCUT2D eigenvalue weighted by molar-refractivity contribution is 5.97. The third-order valence-corrected chi connectivity index (χ3v) is 6.30. The van der Waals surface area contributed by atoms with Gasteiger partial charge in [0.05, 0.1) is 5.56 Å². The molecule has 0 radical (unpaired) electrons. The van der Waals surface area contributed by atoms with Gasteiger partial charge in [-0.25, -0.2) is 0 Å². The van der Waals surface area contributed by atoms with Gasteiger partial charge in [0.2, 0.25) is 5.91 Å². The molecule has 1 aromatic carbocycles. The van der Waals surface area contributed by atoms with Crippen LogP contribution in [0.1, 0.15) is 29.6 Å². The molecule has 1 spiro atoms. The number of para-hydroxylation sites is 1. The first kappa shape index (κ1) is 19.1. The molecule has 0 bridgehead atoms. The Morgan fingerprint density at radius 2 is 1.71 bits per heavy atom. The first-order valence-corrected chi connectivity index (χ1v) is 9.83. The zero-order valence-electron chi connectivity index (χ0n) is 15.7. The third-order valence-electron chi connectivity index (χ3n) is 6.30. The molecular weight excluding hydrogens is 368 g/mol. The Hall–Kier alpha value is -2.22. The van der Waals surface area contributed by atoms with Crippen molar-refractivity contribution in [3.63, 3.8) is 0 Å². The van der Waals surface area contributed by atoms with Crippen molar-refractivity contribution in [3.05, 3.63) is 29.8 Å². The zero-order valence-corrected chi connectivity index (χ0v) is 15.7. The van der Waals surface area contributed by atoms with Crippen LogP contribution < -0.4 is 10.1 Å². The molecular formula is C20H25F2N3O3. The number of carbonyl (C=O) groups is 2. The summed E-state index contributed by atoms with van der Waals surface area (Å²) in [5, 5.41) is 3.34. The highest BCUT2D eigenvalue weighted by atomic mass is 19.3. The normalized spacial score (nSPS) is 23.8. The number of nitrogens with zero attached hydrogens (tertiary/aromatic N) is 2. The predicted molar refractivity (Wildman–Crippen MR) is 98.2 cm³/mol. The number of piperidine rings is 1. The van der Waals surface area contributed by atoms with Gasteiger partial charge in [0.15, 0.2) is 0 Å². The largest absolute Gasteiger partial charge is 0.434 e. The van der Waals surface area contributed by atoms with E-state index in [1.165, 1.54) is 12.1 Å². The van der Waals surface area contributed by atoms with E-state index in [0.29, 0.717) is 26.2 Å². The number of piperazine rings is 1. The Balaban J connectivity index is 1.34. The molecule has 1 aromatic rings. The smallest absolute Gasteiger partial charge is 0.387 e. The highest BCUT2D eigenvalue weighted by Crippen LogP contribution is 2.59. The van der Waals surface area contributed by atoms with Gasteiger partial charge in [0, 0.05) is 32.1 Å². The summed E-state index contributed by atoms with van der Waals surface area (Å²) in [6.07, 6.45) is 3.09. The Bertz CT molecular complexity index is 744. The van der Waals surface area contributed by atoms with Gasteiger partial charge in [-0.2, -0.15) is 8.78 Å². The van der Waals surface area contributed by atoms with Gasteiger partial charge < -0.3 is 19.9 Å². The van der Waals surface area contributed by atoms with Crippen molar-refractivity contribution in [2.24, 2.45) is 11.3 Å². The van der Waals surface area contributed by atoms with Crippen LogP contribution in [0.25, 0.3) is 0 Å². The number of benzene rings is 1. The van der Waals surface area contributed by atoms with Crippen LogP contribution in [0.15, 0.2) is 24.3 Å². The Morgan fingerprint density at radius 3 is 2.39 bits per heavy atom. The van der Waals surface area contributed by atoms with E-state index in [9.17, 15) is 18.4 Å². The second kappa shape index (κ2) is 7.66. The zero-order chi connectivity index (χ0) is 19.7. The first-order valence-electron chi connectivity index (χ1n) is 9.83. The topological polar surface area (TPSA) is 61.9 Å². The van der Waals surface area contributed by atoms with Crippen molar-refractivity contribution in [2.75, 3.05) is 39.3 Å². The minimum absolute atomic E-state index is 0.119. The van der Waals surface area contributed by atoms with E-state index in [4.69, 9.17) is 0 Å². The van der Waals surface area contributed by atoms with Gasteiger partial charge in [-0.1, -0.05) is 12.1 Å². The van der Waals surface area contributed by atoms with Crippen molar-refractivity contribution in [2.45, 2.75) is 25.9 Å². The number of carbonyl (C=O) groups excluding carboxylic acids is 2. The fourth-order valence-corrected chi connectivity index (χ4v) is 4.54. The number of hydrogen-bond donors (Lipinski definition) is 1. The van der Waals surface area contributed by atoms with Gasteiger partial charge in [0.25, 0.3) is 5.91 Å². The second-order valence-corrected chi connectivity index (χ2v) is 7.86. The van der Waals surface area contributed by atoms with Gasteiger partial charge in [-0.05, 0) is 49.9 Å². The van der Waals surface area contributed by atoms with Crippen LogP contribution in [0, 0.1) is 11.3 Å². The van der Waals surface area contributed by atoms with Gasteiger partial charge in [-0.15, -0.1) is 0 Å². The molecule has 28 heavy (non-hydrogen) atoms. The molecule has 3 fully saturated rings. The molecule has 0 aromatic heterocycles. The monoisotopic (exact) mass is 393 g/mol. The summed E-state index contributed by atoms with van der Waals surface area (Å²) in [7, 11) is 0. The maximum atomic E-state index is 12.9. The van der Waals surface area contributed by atoms with E-state index >= 15 is 0 Å². The highest BCUT2D eigenvalue weighted by Gasteiger charge is 2.58. The maximum Gasteiger partial charge on any atom is 0.387 e. The molecule has 2 amide bonds. The maximum absolute atomic E-state index is 12.9. The quantitative estimate of drug-likeness (QED) is 0.850. The van der Waals surface area contributed by atoms with Crippen molar-refractivity contribution in [3.8, 4) is 5.75 Å². The van der Waals surface area contributed by atoms with Crippen LogP contribution in [-0.2, 0) is 4.79 Å². The molecule has 1 N–H and O–H groups in total. The molecule has 1 saturated carbocycles. The molecule has 6 nitrogen and oxygen atoms in total. The summed E-state index contributed by atoms with van der Waals surface area (Å²) < 4.78 is 29.6.